The first-order valence-corrected chi connectivity index (χ1v) is 16.0. The highest BCUT2D eigenvalue weighted by Gasteiger charge is 2.21. The molecule has 4 nitrogen and oxygen atoms in total. The highest BCUT2D eigenvalue weighted by Crippen LogP contribution is 2.41. The van der Waals surface area contributed by atoms with Gasteiger partial charge < -0.3 is 4.42 Å². The van der Waals surface area contributed by atoms with Gasteiger partial charge in [-0.05, 0) is 64.1 Å². The van der Waals surface area contributed by atoms with Crippen LogP contribution in [0.5, 0.6) is 0 Å². The minimum absolute atomic E-state index is 0.650. The average molecular weight is 604 g/mol. The number of nitrogens with zero attached hydrogens (tertiary/aromatic N) is 3. The van der Waals surface area contributed by atoms with Gasteiger partial charge >= 0.3 is 0 Å². The van der Waals surface area contributed by atoms with E-state index in [1.54, 1.807) is 0 Å². The average Bonchev–Trinajstić information content (AvgIpc) is 3.54. The third-order valence-electron chi connectivity index (χ3n) is 9.03. The van der Waals surface area contributed by atoms with Gasteiger partial charge in [0.15, 0.2) is 17.5 Å². The summed E-state index contributed by atoms with van der Waals surface area (Å²) in [7, 11) is 0. The SMILES string of the molecule is C1=CC(c2nc(-c3ccccc3)nc(-c3ccc(-c4ccc5ccccc5c4)cc3)n2)=C(c2cccc3oc4ccccc4c23)CC1. The van der Waals surface area contributed by atoms with Gasteiger partial charge in [0.2, 0.25) is 0 Å². The maximum Gasteiger partial charge on any atom is 0.164 e. The molecule has 1 aliphatic rings. The van der Waals surface area contributed by atoms with E-state index >= 15 is 0 Å². The van der Waals surface area contributed by atoms with Crippen molar-refractivity contribution in [1.82, 2.24) is 15.0 Å². The molecule has 9 rings (SSSR count). The van der Waals surface area contributed by atoms with Gasteiger partial charge in [0, 0.05) is 27.5 Å². The van der Waals surface area contributed by atoms with Crippen LogP contribution in [-0.4, -0.2) is 15.0 Å². The second-order valence-electron chi connectivity index (χ2n) is 11.9. The zero-order valence-electron chi connectivity index (χ0n) is 25.6. The Hall–Kier alpha value is -6.13. The van der Waals surface area contributed by atoms with Gasteiger partial charge in [0.05, 0.1) is 0 Å². The van der Waals surface area contributed by atoms with Crippen molar-refractivity contribution in [3.63, 3.8) is 0 Å². The number of allylic oxidation sites excluding steroid dienone is 4. The van der Waals surface area contributed by atoms with Crippen LogP contribution in [0.25, 0.3) is 77.8 Å². The van der Waals surface area contributed by atoms with E-state index in [-0.39, 0.29) is 0 Å². The van der Waals surface area contributed by atoms with E-state index < -0.39 is 0 Å². The maximum absolute atomic E-state index is 6.26. The second kappa shape index (κ2) is 11.3. The highest BCUT2D eigenvalue weighted by atomic mass is 16.3. The van der Waals surface area contributed by atoms with Crippen molar-refractivity contribution in [2.24, 2.45) is 0 Å². The molecule has 2 heterocycles. The van der Waals surface area contributed by atoms with E-state index in [0.29, 0.717) is 17.5 Å². The number of rotatable bonds is 5. The Morgan fingerprint density at radius 1 is 0.489 bits per heavy atom. The molecule has 47 heavy (non-hydrogen) atoms. The lowest BCUT2D eigenvalue weighted by Crippen LogP contribution is -2.05. The normalized spacial score (nSPS) is 13.2. The van der Waals surface area contributed by atoms with Gasteiger partial charge in [0.25, 0.3) is 0 Å². The number of furan rings is 1. The van der Waals surface area contributed by atoms with Crippen LogP contribution in [0.3, 0.4) is 0 Å². The summed E-state index contributed by atoms with van der Waals surface area (Å²) < 4.78 is 6.26. The zero-order valence-corrected chi connectivity index (χ0v) is 25.6. The summed E-state index contributed by atoms with van der Waals surface area (Å²) >= 11 is 0. The molecule has 0 saturated carbocycles. The van der Waals surface area contributed by atoms with Crippen LogP contribution in [-0.2, 0) is 0 Å². The first kappa shape index (κ1) is 27.2. The largest absolute Gasteiger partial charge is 0.456 e. The highest BCUT2D eigenvalue weighted by molar-refractivity contribution is 6.13. The van der Waals surface area contributed by atoms with Gasteiger partial charge in [-0.25, -0.2) is 15.0 Å². The van der Waals surface area contributed by atoms with Gasteiger partial charge in [-0.1, -0.05) is 133 Å². The smallest absolute Gasteiger partial charge is 0.164 e. The standard InChI is InChI=1S/C43H29N3O/c1-2-12-30(13-3-1)41-44-42(31-24-21-29(22-25-31)33-26-23-28-11-4-5-14-32(28)27-33)46-43(45-41)36-16-7-6-15-34(36)35-18-10-20-39-40(35)37-17-8-9-19-38(37)47-39/h1-5,7-14,16-27H,6,15H2. The van der Waals surface area contributed by atoms with Crippen LogP contribution < -0.4 is 0 Å². The van der Waals surface area contributed by atoms with Crippen molar-refractivity contribution in [1.29, 1.82) is 0 Å². The number of fused-ring (bicyclic) bond motifs is 4. The molecule has 0 N–H and O–H groups in total. The Kier molecular flexibility index (Phi) is 6.57. The molecule has 0 amide bonds. The van der Waals surface area contributed by atoms with Gasteiger partial charge in [-0.3, -0.25) is 0 Å². The molecule has 0 saturated heterocycles. The van der Waals surface area contributed by atoms with Crippen molar-refractivity contribution in [2.75, 3.05) is 0 Å². The van der Waals surface area contributed by atoms with Crippen molar-refractivity contribution in [3.05, 3.63) is 163 Å². The molecule has 2 aromatic heterocycles. The third-order valence-corrected chi connectivity index (χ3v) is 9.03. The van der Waals surface area contributed by atoms with E-state index in [2.05, 4.69) is 115 Å². The fraction of sp³-hybridized carbons (Fsp3) is 0.0465. The van der Waals surface area contributed by atoms with Gasteiger partial charge in [0.1, 0.15) is 11.2 Å². The van der Waals surface area contributed by atoms with Crippen LogP contribution in [0, 0.1) is 0 Å². The number of hydrogen-bond donors (Lipinski definition) is 0. The Bertz CT molecular complexity index is 2510. The maximum atomic E-state index is 6.26. The lowest BCUT2D eigenvalue weighted by molar-refractivity contribution is 0.669. The number of hydrogen-bond acceptors (Lipinski definition) is 4. The summed E-state index contributed by atoms with van der Waals surface area (Å²) in [5, 5.41) is 4.72. The fourth-order valence-electron chi connectivity index (χ4n) is 6.70. The predicted octanol–water partition coefficient (Wildman–Crippen LogP) is 11.2. The summed E-state index contributed by atoms with van der Waals surface area (Å²) in [6, 6.07) is 48.3. The van der Waals surface area contributed by atoms with E-state index in [9.17, 15) is 0 Å². The quantitative estimate of drug-likeness (QED) is 0.196. The predicted molar refractivity (Wildman–Crippen MR) is 193 cm³/mol. The molecule has 8 aromatic rings. The lowest BCUT2D eigenvalue weighted by atomic mass is 9.88. The van der Waals surface area contributed by atoms with Crippen molar-refractivity contribution in [3.8, 4) is 33.9 Å². The van der Waals surface area contributed by atoms with Crippen LogP contribution in [0.15, 0.2) is 156 Å². The van der Waals surface area contributed by atoms with Gasteiger partial charge in [-0.15, -0.1) is 0 Å². The number of aromatic nitrogens is 3. The summed E-state index contributed by atoms with van der Waals surface area (Å²) in [4.78, 5) is 15.3. The van der Waals surface area contributed by atoms with Crippen LogP contribution in [0.4, 0.5) is 0 Å². The lowest BCUT2D eigenvalue weighted by Gasteiger charge is -2.18. The first-order valence-electron chi connectivity index (χ1n) is 16.0. The van der Waals surface area contributed by atoms with E-state index in [4.69, 9.17) is 19.4 Å². The van der Waals surface area contributed by atoms with Gasteiger partial charge in [-0.2, -0.15) is 0 Å². The molecule has 0 spiro atoms. The molecule has 6 aromatic carbocycles. The molecule has 222 valence electrons. The molecule has 4 heteroatoms. The zero-order chi connectivity index (χ0) is 31.2. The van der Waals surface area contributed by atoms with Crippen molar-refractivity contribution in [2.45, 2.75) is 12.8 Å². The van der Waals surface area contributed by atoms with Crippen LogP contribution in [0.1, 0.15) is 24.2 Å². The van der Waals surface area contributed by atoms with Crippen LogP contribution in [0.2, 0.25) is 0 Å². The minimum Gasteiger partial charge on any atom is -0.456 e. The summed E-state index contributed by atoms with van der Waals surface area (Å²) in [6.07, 6.45) is 6.23. The molecular formula is C43H29N3O. The Balaban J connectivity index is 1.20. The van der Waals surface area contributed by atoms with Crippen molar-refractivity contribution < 1.29 is 4.42 Å². The Morgan fingerprint density at radius 2 is 1.15 bits per heavy atom. The van der Waals surface area contributed by atoms with Crippen molar-refractivity contribution >= 4 is 43.9 Å². The van der Waals surface area contributed by atoms with E-state index in [0.717, 1.165) is 62.6 Å². The van der Waals surface area contributed by atoms with E-state index in [1.807, 2.05) is 36.4 Å². The van der Waals surface area contributed by atoms with E-state index in [1.165, 1.54) is 21.9 Å². The molecule has 0 radical (unpaired) electrons. The molecule has 0 fully saturated rings. The Labute approximate surface area is 272 Å². The first-order chi connectivity index (χ1) is 23.3. The summed E-state index contributed by atoms with van der Waals surface area (Å²) in [5.41, 5.74) is 9.40. The Morgan fingerprint density at radius 3 is 2.00 bits per heavy atom. The molecule has 0 unspecified atom stereocenters. The molecule has 0 aliphatic heterocycles. The monoisotopic (exact) mass is 603 g/mol. The molecule has 0 atom stereocenters. The summed E-state index contributed by atoms with van der Waals surface area (Å²) in [6.45, 7) is 0. The third kappa shape index (κ3) is 4.91. The molecule has 1 aliphatic carbocycles. The summed E-state index contributed by atoms with van der Waals surface area (Å²) in [5.74, 6) is 1.97. The fourth-order valence-corrected chi connectivity index (χ4v) is 6.70. The van der Waals surface area contributed by atoms with Crippen LogP contribution >= 0.6 is 0 Å². The second-order valence-corrected chi connectivity index (χ2v) is 11.9. The molecular weight excluding hydrogens is 574 g/mol. The number of benzene rings is 6. The minimum atomic E-state index is 0.650. The number of para-hydroxylation sites is 1. The topological polar surface area (TPSA) is 51.8 Å². The molecule has 0 bridgehead atoms.